The zero-order valence-corrected chi connectivity index (χ0v) is 21.6. The first-order chi connectivity index (χ1) is 17.5. The van der Waals surface area contributed by atoms with Gasteiger partial charge in [0.25, 0.3) is 0 Å². The van der Waals surface area contributed by atoms with Crippen molar-refractivity contribution in [2.24, 2.45) is 5.92 Å². The summed E-state index contributed by atoms with van der Waals surface area (Å²) in [7, 11) is 2.10. The highest BCUT2D eigenvalue weighted by atomic mass is 16.6. The number of likely N-dealkylation sites (tertiary alicyclic amines) is 1. The molecule has 0 aliphatic carbocycles. The van der Waals surface area contributed by atoms with Gasteiger partial charge in [-0.2, -0.15) is 0 Å². The van der Waals surface area contributed by atoms with Gasteiger partial charge in [-0.15, -0.1) is 0 Å². The summed E-state index contributed by atoms with van der Waals surface area (Å²) in [4.78, 5) is 31.4. The molecule has 2 aliphatic heterocycles. The van der Waals surface area contributed by atoms with Gasteiger partial charge in [-0.3, -0.25) is 9.59 Å². The number of hydrogen-bond donors (Lipinski definition) is 1. The average Bonchev–Trinajstić information content (AvgIpc) is 3.39. The van der Waals surface area contributed by atoms with E-state index >= 15 is 0 Å². The summed E-state index contributed by atoms with van der Waals surface area (Å²) in [6, 6.07) is 5.75. The van der Waals surface area contributed by atoms with Crippen LogP contribution in [-0.4, -0.2) is 61.5 Å². The van der Waals surface area contributed by atoms with Crippen LogP contribution in [-0.2, 0) is 9.59 Å². The number of nitrogens with zero attached hydrogens (tertiary/aromatic N) is 2. The fourth-order valence-electron chi connectivity index (χ4n) is 4.89. The molecule has 0 saturated carbocycles. The standard InChI is InChI=1S/C28H39N3O5/c1-3-22(32)9-6-4-5-8-21(18-29-27(33)20-12-14-31(2)15-13-20)28-30-19-25(36-28)23-10-7-11-24-26(23)35-17-16-34-24/h7,10-11,19-21H,3-6,8-9,12-18H2,1-2H3,(H,29,33). The Morgan fingerprint density at radius 1 is 1.14 bits per heavy atom. The Bertz CT molecular complexity index is 1010. The molecule has 1 N–H and O–H groups in total. The van der Waals surface area contributed by atoms with E-state index < -0.39 is 0 Å². The number of rotatable bonds is 12. The Balaban J connectivity index is 1.42. The molecule has 1 atom stereocenters. The van der Waals surface area contributed by atoms with Crippen LogP contribution in [0, 0.1) is 5.92 Å². The summed E-state index contributed by atoms with van der Waals surface area (Å²) in [6.45, 7) is 5.33. The van der Waals surface area contributed by atoms with E-state index in [1.165, 1.54) is 0 Å². The van der Waals surface area contributed by atoms with Gasteiger partial charge < -0.3 is 24.1 Å². The third kappa shape index (κ3) is 6.87. The second-order valence-electron chi connectivity index (χ2n) is 9.90. The SMILES string of the molecule is CCC(=O)CCCCCC(CNC(=O)C1CCN(C)CC1)c1ncc(-c2cccc3c2OCCO3)o1. The Morgan fingerprint density at radius 3 is 2.75 bits per heavy atom. The van der Waals surface area contributed by atoms with Crippen molar-refractivity contribution in [3.8, 4) is 22.8 Å². The lowest BCUT2D eigenvalue weighted by atomic mass is 9.95. The van der Waals surface area contributed by atoms with E-state index in [9.17, 15) is 9.59 Å². The number of hydrogen-bond acceptors (Lipinski definition) is 7. The lowest BCUT2D eigenvalue weighted by molar-refractivity contribution is -0.126. The molecule has 3 heterocycles. The third-order valence-electron chi connectivity index (χ3n) is 7.22. The van der Waals surface area contributed by atoms with Gasteiger partial charge in [0.05, 0.1) is 17.7 Å². The zero-order chi connectivity index (χ0) is 25.3. The number of para-hydroxylation sites is 1. The summed E-state index contributed by atoms with van der Waals surface area (Å²) >= 11 is 0. The molecule has 1 fully saturated rings. The molecule has 1 amide bonds. The van der Waals surface area contributed by atoms with Gasteiger partial charge in [0.15, 0.2) is 23.1 Å². The van der Waals surface area contributed by atoms with Crippen molar-refractivity contribution in [3.05, 3.63) is 30.3 Å². The molecule has 0 bridgehead atoms. The van der Waals surface area contributed by atoms with Gasteiger partial charge >= 0.3 is 0 Å². The van der Waals surface area contributed by atoms with Crippen LogP contribution in [0.1, 0.15) is 70.1 Å². The van der Waals surface area contributed by atoms with Crippen molar-refractivity contribution >= 4 is 11.7 Å². The predicted octanol–water partition coefficient (Wildman–Crippen LogP) is 4.58. The number of fused-ring (bicyclic) bond motifs is 1. The lowest BCUT2D eigenvalue weighted by Crippen LogP contribution is -2.40. The van der Waals surface area contributed by atoms with Gasteiger partial charge in [-0.1, -0.05) is 25.8 Å². The number of unbranched alkanes of at least 4 members (excludes halogenated alkanes) is 2. The highest BCUT2D eigenvalue weighted by molar-refractivity contribution is 5.79. The minimum absolute atomic E-state index is 0.0347. The second-order valence-corrected chi connectivity index (χ2v) is 9.90. The number of amides is 1. The van der Waals surface area contributed by atoms with E-state index in [1.807, 2.05) is 25.1 Å². The van der Waals surface area contributed by atoms with Gasteiger partial charge in [-0.25, -0.2) is 4.98 Å². The van der Waals surface area contributed by atoms with E-state index in [0.717, 1.165) is 57.2 Å². The second kappa shape index (κ2) is 12.9. The molecule has 8 heteroatoms. The van der Waals surface area contributed by atoms with Gasteiger partial charge in [0.1, 0.15) is 19.0 Å². The molecule has 4 rings (SSSR count). The number of ether oxygens (including phenoxy) is 2. The predicted molar refractivity (Wildman–Crippen MR) is 137 cm³/mol. The number of aromatic nitrogens is 1. The van der Waals surface area contributed by atoms with Crippen LogP contribution in [0.3, 0.4) is 0 Å². The first-order valence-corrected chi connectivity index (χ1v) is 13.4. The van der Waals surface area contributed by atoms with Crippen LogP contribution >= 0.6 is 0 Å². The van der Waals surface area contributed by atoms with Crippen LogP contribution in [0.2, 0.25) is 0 Å². The molecule has 1 aromatic heterocycles. The van der Waals surface area contributed by atoms with E-state index in [0.29, 0.717) is 61.5 Å². The molecule has 0 spiro atoms. The minimum atomic E-state index is -0.0347. The van der Waals surface area contributed by atoms with Crippen molar-refractivity contribution in [2.75, 3.05) is 39.9 Å². The molecule has 1 aromatic carbocycles. The maximum atomic E-state index is 12.9. The van der Waals surface area contributed by atoms with Crippen LogP contribution in [0.15, 0.2) is 28.8 Å². The Kier molecular flexibility index (Phi) is 9.39. The summed E-state index contributed by atoms with van der Waals surface area (Å²) < 4.78 is 17.8. The van der Waals surface area contributed by atoms with E-state index in [2.05, 4.69) is 22.2 Å². The number of carbonyl (C=O) groups is 2. The molecule has 36 heavy (non-hydrogen) atoms. The highest BCUT2D eigenvalue weighted by Crippen LogP contribution is 2.40. The normalized spacial score (nSPS) is 17.1. The molecule has 1 saturated heterocycles. The van der Waals surface area contributed by atoms with Crippen molar-refractivity contribution in [1.29, 1.82) is 0 Å². The van der Waals surface area contributed by atoms with Crippen LogP contribution < -0.4 is 14.8 Å². The van der Waals surface area contributed by atoms with Gasteiger partial charge in [0, 0.05) is 25.3 Å². The summed E-state index contributed by atoms with van der Waals surface area (Å²) in [5.74, 6) is 3.10. The summed E-state index contributed by atoms with van der Waals surface area (Å²) in [5, 5.41) is 3.18. The quantitative estimate of drug-likeness (QED) is 0.429. The Hall–Kier alpha value is -2.87. The monoisotopic (exact) mass is 497 g/mol. The van der Waals surface area contributed by atoms with Gasteiger partial charge in [0.2, 0.25) is 5.91 Å². The van der Waals surface area contributed by atoms with E-state index in [1.54, 1.807) is 6.20 Å². The first-order valence-electron chi connectivity index (χ1n) is 13.4. The maximum absolute atomic E-state index is 12.9. The van der Waals surface area contributed by atoms with Crippen LogP contribution in [0.4, 0.5) is 0 Å². The number of piperidine rings is 1. The molecule has 8 nitrogen and oxygen atoms in total. The molecule has 196 valence electrons. The number of oxazole rings is 1. The van der Waals surface area contributed by atoms with Crippen molar-refractivity contribution in [2.45, 2.75) is 64.2 Å². The number of nitrogens with one attached hydrogen (secondary N) is 1. The fourth-order valence-corrected chi connectivity index (χ4v) is 4.89. The average molecular weight is 498 g/mol. The summed E-state index contributed by atoms with van der Waals surface area (Å²) in [6.07, 6.45) is 8.39. The number of ketones is 1. The topological polar surface area (TPSA) is 93.9 Å². The Morgan fingerprint density at radius 2 is 1.94 bits per heavy atom. The molecule has 2 aromatic rings. The zero-order valence-electron chi connectivity index (χ0n) is 21.6. The maximum Gasteiger partial charge on any atom is 0.223 e. The first kappa shape index (κ1) is 26.2. The molecule has 1 unspecified atom stereocenters. The highest BCUT2D eigenvalue weighted by Gasteiger charge is 2.26. The third-order valence-corrected chi connectivity index (χ3v) is 7.22. The fraction of sp³-hybridized carbons (Fsp3) is 0.607. The molecule has 0 radical (unpaired) electrons. The lowest BCUT2D eigenvalue weighted by Gasteiger charge is -2.28. The smallest absolute Gasteiger partial charge is 0.223 e. The van der Waals surface area contributed by atoms with Crippen LogP contribution in [0.5, 0.6) is 11.5 Å². The Labute approximate surface area is 213 Å². The van der Waals surface area contributed by atoms with Crippen molar-refractivity contribution < 1.29 is 23.5 Å². The van der Waals surface area contributed by atoms with Crippen molar-refractivity contribution in [1.82, 2.24) is 15.2 Å². The largest absolute Gasteiger partial charge is 0.486 e. The van der Waals surface area contributed by atoms with E-state index in [4.69, 9.17) is 13.9 Å². The van der Waals surface area contributed by atoms with Crippen molar-refractivity contribution in [3.63, 3.8) is 0 Å². The number of Topliss-reactive ketones (excluding diaryl/α,β-unsaturated/α-hetero) is 1. The molecular weight excluding hydrogens is 458 g/mol. The number of benzene rings is 1. The minimum Gasteiger partial charge on any atom is -0.486 e. The molecular formula is C28H39N3O5. The number of carbonyl (C=O) groups excluding carboxylic acids is 2. The van der Waals surface area contributed by atoms with Crippen LogP contribution in [0.25, 0.3) is 11.3 Å². The summed E-state index contributed by atoms with van der Waals surface area (Å²) in [5.41, 5.74) is 0.818. The van der Waals surface area contributed by atoms with Gasteiger partial charge in [-0.05, 0) is 58.0 Å². The van der Waals surface area contributed by atoms with E-state index in [-0.39, 0.29) is 17.7 Å². The molecule has 2 aliphatic rings.